The average molecular weight is 454 g/mol. The number of carbonyl (C=O) groups excluding carboxylic acids is 2. The van der Waals surface area contributed by atoms with Gasteiger partial charge in [0.2, 0.25) is 0 Å². The Morgan fingerprint density at radius 2 is 1.91 bits per heavy atom. The molecule has 2 aromatic rings. The predicted molar refractivity (Wildman–Crippen MR) is 121 cm³/mol. The molecule has 32 heavy (non-hydrogen) atoms. The van der Waals surface area contributed by atoms with E-state index in [0.717, 1.165) is 11.3 Å². The van der Waals surface area contributed by atoms with Crippen molar-refractivity contribution in [2.24, 2.45) is 0 Å². The van der Waals surface area contributed by atoms with Crippen LogP contribution in [0.3, 0.4) is 0 Å². The maximum Gasteiger partial charge on any atom is 0.336 e. The van der Waals surface area contributed by atoms with Gasteiger partial charge < -0.3 is 19.9 Å². The molecule has 0 fully saturated rings. The van der Waals surface area contributed by atoms with Gasteiger partial charge in [-0.1, -0.05) is 35.9 Å². The van der Waals surface area contributed by atoms with Crippen LogP contribution in [0.1, 0.15) is 42.7 Å². The van der Waals surface area contributed by atoms with E-state index in [-0.39, 0.29) is 29.6 Å². The number of phenolic OH excluding ortho intramolecular Hbond substituents is 1. The van der Waals surface area contributed by atoms with Gasteiger partial charge in [-0.05, 0) is 48.6 Å². The molecule has 4 rings (SSSR count). The second kappa shape index (κ2) is 8.71. The van der Waals surface area contributed by atoms with Crippen LogP contribution in [0.15, 0.2) is 65.0 Å². The summed E-state index contributed by atoms with van der Waals surface area (Å²) >= 11 is 6.41. The van der Waals surface area contributed by atoms with Crippen LogP contribution in [-0.4, -0.2) is 31.1 Å². The van der Waals surface area contributed by atoms with E-state index in [1.165, 1.54) is 20.3 Å². The highest BCUT2D eigenvalue weighted by Crippen LogP contribution is 2.47. The molecule has 1 aliphatic carbocycles. The van der Waals surface area contributed by atoms with Gasteiger partial charge in [0, 0.05) is 34.3 Å². The summed E-state index contributed by atoms with van der Waals surface area (Å²) in [6, 6.07) is 12.4. The minimum atomic E-state index is -0.632. The third-order valence-electron chi connectivity index (χ3n) is 6.12. The molecule has 2 aromatic carbocycles. The summed E-state index contributed by atoms with van der Waals surface area (Å²) in [6.07, 6.45) is 0.867. The second-order valence-electron chi connectivity index (χ2n) is 7.96. The SMILES string of the molecule is COC(=O)C1=C(C)NC2=C(C(=O)CC(c3ccccc3Cl)C2)C1c1ccc(O)c(OC)c1. The molecule has 6 nitrogen and oxygen atoms in total. The van der Waals surface area contributed by atoms with Gasteiger partial charge in [-0.25, -0.2) is 4.79 Å². The molecule has 0 radical (unpaired) electrons. The highest BCUT2D eigenvalue weighted by molar-refractivity contribution is 6.31. The maximum atomic E-state index is 13.5. The standard InChI is InChI=1S/C25H24ClNO5/c1-13-22(25(30)32-3)23(14-8-9-19(28)21(12-14)31-2)24-18(27-13)10-15(11-20(24)29)16-6-4-5-7-17(16)26/h4-9,12,15,23,27-28H,10-11H2,1-3H3. The van der Waals surface area contributed by atoms with Crippen molar-refractivity contribution < 1.29 is 24.2 Å². The average Bonchev–Trinajstić information content (AvgIpc) is 2.78. The topological polar surface area (TPSA) is 84.9 Å². The summed E-state index contributed by atoms with van der Waals surface area (Å²) in [7, 11) is 2.77. The van der Waals surface area contributed by atoms with Crippen molar-refractivity contribution in [1.82, 2.24) is 5.32 Å². The first-order valence-electron chi connectivity index (χ1n) is 10.3. The van der Waals surface area contributed by atoms with Crippen LogP contribution in [-0.2, 0) is 14.3 Å². The number of allylic oxidation sites excluding steroid dienone is 3. The zero-order valence-corrected chi connectivity index (χ0v) is 18.8. The quantitative estimate of drug-likeness (QED) is 0.659. The van der Waals surface area contributed by atoms with E-state index in [1.807, 2.05) is 24.3 Å². The molecule has 2 atom stereocenters. The molecule has 166 valence electrons. The lowest BCUT2D eigenvalue weighted by Gasteiger charge is -2.36. The van der Waals surface area contributed by atoms with Crippen molar-refractivity contribution in [1.29, 1.82) is 0 Å². The van der Waals surface area contributed by atoms with E-state index in [4.69, 9.17) is 21.1 Å². The Morgan fingerprint density at radius 1 is 1.16 bits per heavy atom. The normalized spacial score (nSPS) is 20.6. The fourth-order valence-electron chi connectivity index (χ4n) is 4.65. The highest BCUT2D eigenvalue weighted by atomic mass is 35.5. The molecule has 0 saturated heterocycles. The Kier molecular flexibility index (Phi) is 5.98. The number of halogens is 1. The summed E-state index contributed by atoms with van der Waals surface area (Å²) in [6.45, 7) is 1.80. The molecule has 0 spiro atoms. The number of carbonyl (C=O) groups is 2. The van der Waals surface area contributed by atoms with Crippen molar-refractivity contribution >= 4 is 23.4 Å². The molecule has 0 saturated carbocycles. The number of benzene rings is 2. The van der Waals surface area contributed by atoms with Crippen LogP contribution in [0.2, 0.25) is 5.02 Å². The number of ether oxygens (including phenoxy) is 2. The summed E-state index contributed by atoms with van der Waals surface area (Å²) in [5, 5.41) is 14.0. The van der Waals surface area contributed by atoms with E-state index in [2.05, 4.69) is 5.32 Å². The van der Waals surface area contributed by atoms with Crippen molar-refractivity contribution in [3.63, 3.8) is 0 Å². The molecular formula is C25H24ClNO5. The Balaban J connectivity index is 1.84. The molecule has 7 heteroatoms. The minimum Gasteiger partial charge on any atom is -0.504 e. The molecule has 2 N–H and O–H groups in total. The summed E-state index contributed by atoms with van der Waals surface area (Å²) in [5.41, 5.74) is 3.89. The van der Waals surface area contributed by atoms with Crippen LogP contribution in [0.4, 0.5) is 0 Å². The first-order valence-corrected chi connectivity index (χ1v) is 10.7. The van der Waals surface area contributed by atoms with Crippen molar-refractivity contribution in [2.75, 3.05) is 14.2 Å². The van der Waals surface area contributed by atoms with Gasteiger partial charge in [0.1, 0.15) is 0 Å². The highest BCUT2D eigenvalue weighted by Gasteiger charge is 2.41. The largest absolute Gasteiger partial charge is 0.504 e. The smallest absolute Gasteiger partial charge is 0.336 e. The molecule has 0 aromatic heterocycles. The fraction of sp³-hybridized carbons (Fsp3) is 0.280. The number of esters is 1. The molecule has 1 heterocycles. The van der Waals surface area contributed by atoms with Gasteiger partial charge in [-0.15, -0.1) is 0 Å². The summed E-state index contributed by atoms with van der Waals surface area (Å²) in [5.74, 6) is -1.03. The predicted octanol–water partition coefficient (Wildman–Crippen LogP) is 4.59. The van der Waals surface area contributed by atoms with Gasteiger partial charge in [0.25, 0.3) is 0 Å². The van der Waals surface area contributed by atoms with E-state index < -0.39 is 11.9 Å². The molecule has 0 amide bonds. The number of nitrogens with one attached hydrogen (secondary N) is 1. The van der Waals surface area contributed by atoms with Gasteiger partial charge in [0.05, 0.1) is 19.8 Å². The van der Waals surface area contributed by atoms with Crippen LogP contribution >= 0.6 is 11.6 Å². The minimum absolute atomic E-state index is 0.0199. The van der Waals surface area contributed by atoms with Gasteiger partial charge in [-0.2, -0.15) is 0 Å². The number of ketones is 1. The van der Waals surface area contributed by atoms with Crippen LogP contribution < -0.4 is 10.1 Å². The lowest BCUT2D eigenvalue weighted by Crippen LogP contribution is -2.36. The van der Waals surface area contributed by atoms with E-state index >= 15 is 0 Å². The van der Waals surface area contributed by atoms with Crippen molar-refractivity contribution in [3.8, 4) is 11.5 Å². The summed E-state index contributed by atoms with van der Waals surface area (Å²) in [4.78, 5) is 26.2. The van der Waals surface area contributed by atoms with Gasteiger partial charge in [0.15, 0.2) is 17.3 Å². The third kappa shape index (κ3) is 3.75. The lowest BCUT2D eigenvalue weighted by atomic mass is 9.71. The Morgan fingerprint density at radius 3 is 2.59 bits per heavy atom. The van der Waals surface area contributed by atoms with E-state index in [1.54, 1.807) is 19.1 Å². The number of methoxy groups -OCH3 is 2. The molecule has 1 aliphatic heterocycles. The first kappa shape index (κ1) is 22.0. The zero-order valence-electron chi connectivity index (χ0n) is 18.1. The Labute approximate surface area is 191 Å². The summed E-state index contributed by atoms with van der Waals surface area (Å²) < 4.78 is 10.3. The fourth-order valence-corrected chi connectivity index (χ4v) is 4.94. The van der Waals surface area contributed by atoms with E-state index in [9.17, 15) is 14.7 Å². The second-order valence-corrected chi connectivity index (χ2v) is 8.37. The molecular weight excluding hydrogens is 430 g/mol. The third-order valence-corrected chi connectivity index (χ3v) is 6.46. The van der Waals surface area contributed by atoms with Gasteiger partial charge >= 0.3 is 5.97 Å². The van der Waals surface area contributed by atoms with Gasteiger partial charge in [-0.3, -0.25) is 4.79 Å². The number of hydrogen-bond acceptors (Lipinski definition) is 6. The molecule has 2 unspecified atom stereocenters. The number of aromatic hydroxyl groups is 1. The molecule has 2 aliphatic rings. The number of Topliss-reactive ketones (excluding diaryl/α,β-unsaturated/α-hetero) is 1. The van der Waals surface area contributed by atoms with Crippen molar-refractivity contribution in [2.45, 2.75) is 31.6 Å². The zero-order chi connectivity index (χ0) is 23.0. The number of rotatable bonds is 4. The Bertz CT molecular complexity index is 1170. The Hall–Kier alpha value is -3.25. The first-order chi connectivity index (χ1) is 15.3. The van der Waals surface area contributed by atoms with Crippen LogP contribution in [0, 0.1) is 0 Å². The number of hydrogen-bond donors (Lipinski definition) is 2. The maximum absolute atomic E-state index is 13.5. The monoisotopic (exact) mass is 453 g/mol. The van der Waals surface area contributed by atoms with Crippen LogP contribution in [0.5, 0.6) is 11.5 Å². The lowest BCUT2D eigenvalue weighted by molar-refractivity contribution is -0.136. The van der Waals surface area contributed by atoms with Crippen molar-refractivity contribution in [3.05, 3.63) is 81.2 Å². The van der Waals surface area contributed by atoms with E-state index in [0.29, 0.717) is 33.9 Å². The van der Waals surface area contributed by atoms with Crippen LogP contribution in [0.25, 0.3) is 0 Å². The number of phenols is 1. The number of dihydropyridines is 1. The molecule has 0 bridgehead atoms.